The minimum absolute atomic E-state index is 0.0622. The summed E-state index contributed by atoms with van der Waals surface area (Å²) in [6.45, 7) is 4.17. The number of hydrogen-bond acceptors (Lipinski definition) is 5. The fourth-order valence-electron chi connectivity index (χ4n) is 3.48. The maximum Gasteiger partial charge on any atom is 0.251 e. The normalized spacial score (nSPS) is 13.6. The molecule has 1 aromatic carbocycles. The Morgan fingerprint density at radius 3 is 2.90 bits per heavy atom. The van der Waals surface area contributed by atoms with Gasteiger partial charge in [0.15, 0.2) is 0 Å². The summed E-state index contributed by atoms with van der Waals surface area (Å²) >= 11 is 0. The van der Waals surface area contributed by atoms with Crippen LogP contribution in [0.15, 0.2) is 57.7 Å². The van der Waals surface area contributed by atoms with Gasteiger partial charge in [-0.25, -0.2) is 0 Å². The highest BCUT2D eigenvalue weighted by atomic mass is 16.2. The van der Waals surface area contributed by atoms with Crippen LogP contribution in [0, 0.1) is 0 Å². The minimum Gasteiger partial charge on any atom is -0.354 e. The highest BCUT2D eigenvalue weighted by molar-refractivity contribution is 6.15. The molecule has 0 atom stereocenters. The van der Waals surface area contributed by atoms with E-state index in [0.29, 0.717) is 19.4 Å². The van der Waals surface area contributed by atoms with Gasteiger partial charge in [-0.1, -0.05) is 6.07 Å². The Morgan fingerprint density at radius 1 is 1.23 bits per heavy atom. The zero-order valence-corrected chi connectivity index (χ0v) is 17.1. The van der Waals surface area contributed by atoms with Crippen LogP contribution in [0.25, 0.3) is 10.9 Å². The molecule has 0 saturated carbocycles. The van der Waals surface area contributed by atoms with Crippen LogP contribution in [0.2, 0.25) is 0 Å². The molecule has 0 aliphatic carbocycles. The number of aromatic nitrogens is 3. The highest BCUT2D eigenvalue weighted by Crippen LogP contribution is 2.17. The molecule has 3 aromatic rings. The summed E-state index contributed by atoms with van der Waals surface area (Å²) in [5.41, 5.74) is 4.53. The second kappa shape index (κ2) is 8.44. The molecule has 30 heavy (non-hydrogen) atoms. The predicted octanol–water partition coefficient (Wildman–Crippen LogP) is 2.43. The van der Waals surface area contributed by atoms with Gasteiger partial charge in [-0.3, -0.25) is 14.7 Å². The van der Waals surface area contributed by atoms with E-state index in [2.05, 4.69) is 37.8 Å². The minimum atomic E-state index is -0.147. The Labute approximate surface area is 173 Å². The van der Waals surface area contributed by atoms with Gasteiger partial charge in [0.05, 0.1) is 23.1 Å². The monoisotopic (exact) mass is 404 g/mol. The number of nitrogens with zero attached hydrogens (tertiary/aromatic N) is 4. The Bertz CT molecular complexity index is 1200. The number of rotatable bonds is 7. The molecule has 3 heterocycles. The van der Waals surface area contributed by atoms with Crippen LogP contribution in [0.3, 0.4) is 0 Å². The first kappa shape index (κ1) is 19.8. The summed E-state index contributed by atoms with van der Waals surface area (Å²) in [7, 11) is 0. The summed E-state index contributed by atoms with van der Waals surface area (Å²) in [6, 6.07) is 9.67. The molecule has 2 aromatic heterocycles. The van der Waals surface area contributed by atoms with E-state index < -0.39 is 0 Å². The third-order valence-corrected chi connectivity index (χ3v) is 4.96. The summed E-state index contributed by atoms with van der Waals surface area (Å²) in [4.78, 5) is 24.2. The van der Waals surface area contributed by atoms with Crippen LogP contribution in [-0.4, -0.2) is 38.1 Å². The number of amides is 1. The fourth-order valence-corrected chi connectivity index (χ4v) is 3.48. The molecule has 0 unspecified atom stereocenters. The molecule has 0 bridgehead atoms. The van der Waals surface area contributed by atoms with Gasteiger partial charge in [0.1, 0.15) is 0 Å². The third kappa shape index (κ3) is 4.53. The Balaban J connectivity index is 1.36. The van der Waals surface area contributed by atoms with Crippen molar-refractivity contribution in [1.82, 2.24) is 20.1 Å². The number of hydrogen-bond donors (Lipinski definition) is 2. The van der Waals surface area contributed by atoms with E-state index in [9.17, 15) is 9.59 Å². The third-order valence-electron chi connectivity index (χ3n) is 4.96. The lowest BCUT2D eigenvalue weighted by atomic mass is 10.0. The summed E-state index contributed by atoms with van der Waals surface area (Å²) in [5, 5.41) is 19.5. The van der Waals surface area contributed by atoms with Crippen LogP contribution < -0.4 is 10.9 Å². The van der Waals surface area contributed by atoms with Crippen LogP contribution in [0.5, 0.6) is 0 Å². The first-order valence-corrected chi connectivity index (χ1v) is 10.0. The molecule has 1 aliphatic rings. The lowest BCUT2D eigenvalue weighted by Gasteiger charge is -2.10. The summed E-state index contributed by atoms with van der Waals surface area (Å²) < 4.78 is 1.54. The SMILES string of the molecule is CC(C)NC(=O)CCn1ccc(C2=NN=C(Cc3ccc4[nH]ncc4c3)C2)cc1=O. The van der Waals surface area contributed by atoms with Crippen molar-refractivity contribution in [2.75, 3.05) is 0 Å². The lowest BCUT2D eigenvalue weighted by Crippen LogP contribution is -2.32. The van der Waals surface area contributed by atoms with E-state index in [-0.39, 0.29) is 23.9 Å². The largest absolute Gasteiger partial charge is 0.354 e. The molecule has 0 radical (unpaired) electrons. The van der Waals surface area contributed by atoms with Crippen molar-refractivity contribution < 1.29 is 4.79 Å². The van der Waals surface area contributed by atoms with Crippen molar-refractivity contribution in [3.8, 4) is 0 Å². The standard InChI is InChI=1S/C22H24N6O2/c1-14(2)24-21(29)6-8-28-7-5-16(11-22(28)30)20-12-18(25-27-20)10-15-3-4-19-17(9-15)13-23-26-19/h3-5,7,9,11,13-14H,6,8,10,12H2,1-2H3,(H,23,26)(H,24,29). The topological polar surface area (TPSA) is 104 Å². The predicted molar refractivity (Wildman–Crippen MR) is 117 cm³/mol. The van der Waals surface area contributed by atoms with Crippen molar-refractivity contribution in [1.29, 1.82) is 0 Å². The number of pyridine rings is 1. The number of carbonyl (C=O) groups is 1. The quantitative estimate of drug-likeness (QED) is 0.632. The second-order valence-electron chi connectivity index (χ2n) is 7.78. The van der Waals surface area contributed by atoms with Gasteiger partial charge in [-0.05, 0) is 37.6 Å². The number of nitrogens with one attached hydrogen (secondary N) is 2. The van der Waals surface area contributed by atoms with E-state index in [1.165, 1.54) is 0 Å². The van der Waals surface area contributed by atoms with E-state index in [1.54, 1.807) is 23.0 Å². The molecule has 154 valence electrons. The Hall–Kier alpha value is -3.55. The van der Waals surface area contributed by atoms with Crippen molar-refractivity contribution in [2.24, 2.45) is 10.2 Å². The molecule has 0 fully saturated rings. The smallest absolute Gasteiger partial charge is 0.251 e. The number of carbonyl (C=O) groups excluding carboxylic acids is 1. The number of fused-ring (bicyclic) bond motifs is 1. The molecule has 0 saturated heterocycles. The summed E-state index contributed by atoms with van der Waals surface area (Å²) in [5.74, 6) is -0.0622. The van der Waals surface area contributed by atoms with Gasteiger partial charge in [-0.2, -0.15) is 15.3 Å². The van der Waals surface area contributed by atoms with Crippen molar-refractivity contribution in [3.05, 3.63) is 64.2 Å². The maximum atomic E-state index is 12.4. The molecule has 0 spiro atoms. The fraction of sp³-hybridized carbons (Fsp3) is 0.318. The van der Waals surface area contributed by atoms with Crippen molar-refractivity contribution in [2.45, 2.75) is 45.7 Å². The van der Waals surface area contributed by atoms with Crippen LogP contribution in [0.4, 0.5) is 0 Å². The molecule has 1 amide bonds. The van der Waals surface area contributed by atoms with Gasteiger partial charge >= 0.3 is 0 Å². The van der Waals surface area contributed by atoms with E-state index in [0.717, 1.165) is 33.5 Å². The molecular formula is C22H24N6O2. The Kier molecular flexibility index (Phi) is 5.56. The van der Waals surface area contributed by atoms with Gasteiger partial charge < -0.3 is 9.88 Å². The molecule has 4 rings (SSSR count). The van der Waals surface area contributed by atoms with Gasteiger partial charge in [-0.15, -0.1) is 0 Å². The molecule has 1 aliphatic heterocycles. The van der Waals surface area contributed by atoms with Crippen LogP contribution in [0.1, 0.15) is 37.8 Å². The van der Waals surface area contributed by atoms with Crippen LogP contribution in [-0.2, 0) is 17.8 Å². The van der Waals surface area contributed by atoms with E-state index in [1.807, 2.05) is 26.0 Å². The number of aromatic amines is 1. The summed E-state index contributed by atoms with van der Waals surface area (Å²) in [6.07, 6.45) is 5.11. The zero-order valence-electron chi connectivity index (χ0n) is 17.1. The van der Waals surface area contributed by atoms with Gasteiger partial charge in [0.25, 0.3) is 5.56 Å². The van der Waals surface area contributed by atoms with Crippen LogP contribution >= 0.6 is 0 Å². The number of H-pyrrole nitrogens is 1. The highest BCUT2D eigenvalue weighted by Gasteiger charge is 2.16. The number of benzene rings is 1. The molecule has 8 nitrogen and oxygen atoms in total. The maximum absolute atomic E-state index is 12.4. The van der Waals surface area contributed by atoms with Crippen molar-refractivity contribution in [3.63, 3.8) is 0 Å². The average Bonchev–Trinajstić information content (AvgIpc) is 3.35. The molecular weight excluding hydrogens is 380 g/mol. The van der Waals surface area contributed by atoms with Gasteiger partial charge in [0.2, 0.25) is 5.91 Å². The average molecular weight is 404 g/mol. The molecule has 8 heteroatoms. The molecule has 2 N–H and O–H groups in total. The number of aryl methyl sites for hydroxylation is 1. The first-order valence-electron chi connectivity index (χ1n) is 10.0. The lowest BCUT2D eigenvalue weighted by molar-refractivity contribution is -0.121. The first-order chi connectivity index (χ1) is 14.5. The van der Waals surface area contributed by atoms with Crippen molar-refractivity contribution >= 4 is 28.2 Å². The Morgan fingerprint density at radius 2 is 2.10 bits per heavy atom. The van der Waals surface area contributed by atoms with Gasteiger partial charge in [0, 0.05) is 55.1 Å². The van der Waals surface area contributed by atoms with E-state index in [4.69, 9.17) is 0 Å². The zero-order chi connectivity index (χ0) is 21.1. The second-order valence-corrected chi connectivity index (χ2v) is 7.78. The van der Waals surface area contributed by atoms with E-state index >= 15 is 0 Å².